The molecular formula is C26H31N5O2. The fourth-order valence-corrected chi connectivity index (χ4v) is 4.83. The van der Waals surface area contributed by atoms with Crippen molar-refractivity contribution in [3.05, 3.63) is 54.1 Å². The van der Waals surface area contributed by atoms with Crippen LogP contribution in [0, 0.1) is 0 Å². The maximum atomic E-state index is 12.9. The van der Waals surface area contributed by atoms with Crippen LogP contribution in [0.5, 0.6) is 5.75 Å². The van der Waals surface area contributed by atoms with E-state index in [1.807, 2.05) is 53.4 Å². The molecule has 1 N–H and O–H groups in total. The number of piperidine rings is 1. The monoisotopic (exact) mass is 445 g/mol. The van der Waals surface area contributed by atoms with Crippen molar-refractivity contribution in [1.29, 1.82) is 0 Å². The number of hydrogen-bond donors (Lipinski definition) is 1. The molecule has 2 saturated heterocycles. The molecule has 1 aromatic heterocycles. The molecule has 0 spiro atoms. The summed E-state index contributed by atoms with van der Waals surface area (Å²) in [4.78, 5) is 27.1. The molecule has 2 aliphatic heterocycles. The molecule has 3 heterocycles. The summed E-state index contributed by atoms with van der Waals surface area (Å²) in [5.41, 5.74) is 2.78. The van der Waals surface area contributed by atoms with E-state index in [4.69, 9.17) is 14.7 Å². The molecule has 2 aliphatic rings. The molecule has 0 saturated carbocycles. The molecule has 3 aromatic rings. The van der Waals surface area contributed by atoms with Crippen molar-refractivity contribution in [2.45, 2.75) is 38.1 Å². The van der Waals surface area contributed by atoms with Gasteiger partial charge in [0.15, 0.2) is 11.6 Å². The van der Waals surface area contributed by atoms with Crippen LogP contribution in [0.15, 0.2) is 48.5 Å². The SMILES string of the molecule is COc1ccccc1CC(=O)N1CCC(Nc2nc3ccccc3nc2N2CCCC2)CC1. The topological polar surface area (TPSA) is 70.6 Å². The molecule has 7 heteroatoms. The van der Waals surface area contributed by atoms with E-state index in [0.717, 1.165) is 73.0 Å². The van der Waals surface area contributed by atoms with Gasteiger partial charge in [0.1, 0.15) is 5.75 Å². The van der Waals surface area contributed by atoms with E-state index in [1.54, 1.807) is 7.11 Å². The molecule has 0 radical (unpaired) electrons. The van der Waals surface area contributed by atoms with E-state index >= 15 is 0 Å². The molecule has 1 amide bonds. The number of nitrogens with one attached hydrogen (secondary N) is 1. The Morgan fingerprint density at radius 1 is 0.970 bits per heavy atom. The van der Waals surface area contributed by atoms with Crippen LogP contribution in [-0.4, -0.2) is 60.1 Å². The lowest BCUT2D eigenvalue weighted by molar-refractivity contribution is -0.131. The molecule has 5 rings (SSSR count). The predicted octanol–water partition coefficient (Wildman–Crippen LogP) is 3.88. The fraction of sp³-hybridized carbons (Fsp3) is 0.423. The van der Waals surface area contributed by atoms with Crippen LogP contribution in [0.2, 0.25) is 0 Å². The van der Waals surface area contributed by atoms with E-state index in [-0.39, 0.29) is 11.9 Å². The van der Waals surface area contributed by atoms with Gasteiger partial charge in [-0.15, -0.1) is 0 Å². The molecule has 2 fully saturated rings. The van der Waals surface area contributed by atoms with Gasteiger partial charge in [-0.2, -0.15) is 0 Å². The van der Waals surface area contributed by atoms with Crippen LogP contribution in [0.25, 0.3) is 11.0 Å². The number of hydrogen-bond acceptors (Lipinski definition) is 6. The van der Waals surface area contributed by atoms with Crippen LogP contribution in [0.1, 0.15) is 31.2 Å². The molecule has 0 atom stereocenters. The maximum absolute atomic E-state index is 12.9. The van der Waals surface area contributed by atoms with Gasteiger partial charge < -0.3 is 19.9 Å². The number of amides is 1. The van der Waals surface area contributed by atoms with E-state index in [9.17, 15) is 4.79 Å². The Kier molecular flexibility index (Phi) is 6.28. The van der Waals surface area contributed by atoms with Gasteiger partial charge in [-0.05, 0) is 43.9 Å². The lowest BCUT2D eigenvalue weighted by Gasteiger charge is -2.33. The summed E-state index contributed by atoms with van der Waals surface area (Å²) in [5.74, 6) is 2.75. The van der Waals surface area contributed by atoms with Crippen molar-refractivity contribution < 1.29 is 9.53 Å². The van der Waals surface area contributed by atoms with Gasteiger partial charge in [-0.1, -0.05) is 30.3 Å². The molecule has 0 bridgehead atoms. The highest BCUT2D eigenvalue weighted by molar-refractivity contribution is 5.81. The van der Waals surface area contributed by atoms with Crippen molar-refractivity contribution in [2.24, 2.45) is 0 Å². The highest BCUT2D eigenvalue weighted by Crippen LogP contribution is 2.29. The molecule has 7 nitrogen and oxygen atoms in total. The summed E-state index contributed by atoms with van der Waals surface area (Å²) in [6.45, 7) is 3.53. The number of aromatic nitrogens is 2. The summed E-state index contributed by atoms with van der Waals surface area (Å²) < 4.78 is 5.40. The Bertz CT molecular complexity index is 1120. The smallest absolute Gasteiger partial charge is 0.227 e. The van der Waals surface area contributed by atoms with Gasteiger partial charge >= 0.3 is 0 Å². The number of para-hydroxylation sites is 3. The summed E-state index contributed by atoms with van der Waals surface area (Å²) >= 11 is 0. The zero-order valence-electron chi connectivity index (χ0n) is 19.2. The van der Waals surface area contributed by atoms with Crippen LogP contribution in [0.3, 0.4) is 0 Å². The Balaban J connectivity index is 1.25. The van der Waals surface area contributed by atoms with Crippen molar-refractivity contribution in [2.75, 3.05) is 43.5 Å². The van der Waals surface area contributed by atoms with Gasteiger partial charge in [0.25, 0.3) is 0 Å². The molecule has 33 heavy (non-hydrogen) atoms. The highest BCUT2D eigenvalue weighted by Gasteiger charge is 2.26. The number of nitrogens with zero attached hydrogens (tertiary/aromatic N) is 4. The number of fused-ring (bicyclic) bond motifs is 1. The molecule has 0 unspecified atom stereocenters. The number of rotatable bonds is 6. The largest absolute Gasteiger partial charge is 0.496 e. The highest BCUT2D eigenvalue weighted by atomic mass is 16.5. The average Bonchev–Trinajstić information content (AvgIpc) is 3.39. The Morgan fingerprint density at radius 3 is 2.36 bits per heavy atom. The van der Waals surface area contributed by atoms with Crippen molar-refractivity contribution in [3.8, 4) is 5.75 Å². The lowest BCUT2D eigenvalue weighted by Crippen LogP contribution is -2.43. The minimum absolute atomic E-state index is 0.154. The number of carbonyl (C=O) groups is 1. The van der Waals surface area contributed by atoms with E-state index in [0.29, 0.717) is 6.42 Å². The third-order valence-electron chi connectivity index (χ3n) is 6.68. The summed E-state index contributed by atoms with van der Waals surface area (Å²) in [5, 5.41) is 3.67. The Morgan fingerprint density at radius 2 is 1.64 bits per heavy atom. The number of carbonyl (C=O) groups excluding carboxylic acids is 1. The fourth-order valence-electron chi connectivity index (χ4n) is 4.83. The first-order valence-corrected chi connectivity index (χ1v) is 11.9. The molecular weight excluding hydrogens is 414 g/mol. The summed E-state index contributed by atoms with van der Waals surface area (Å²) in [6.07, 6.45) is 4.55. The second-order valence-electron chi connectivity index (χ2n) is 8.87. The first-order chi connectivity index (χ1) is 16.2. The molecule has 172 valence electrons. The Hall–Kier alpha value is -3.35. The zero-order chi connectivity index (χ0) is 22.6. The molecule has 0 aliphatic carbocycles. The van der Waals surface area contributed by atoms with Gasteiger partial charge in [-0.3, -0.25) is 4.79 Å². The van der Waals surface area contributed by atoms with E-state index < -0.39 is 0 Å². The van der Waals surface area contributed by atoms with E-state index in [2.05, 4.69) is 10.2 Å². The standard InChI is InChI=1S/C26H31N5O2/c1-33-23-11-5-2-8-19(23)18-24(32)30-16-12-20(13-17-30)27-25-26(31-14-6-7-15-31)29-22-10-4-3-9-21(22)28-25/h2-5,8-11,20H,6-7,12-18H2,1H3,(H,27,28). The van der Waals surface area contributed by atoms with Crippen LogP contribution >= 0.6 is 0 Å². The normalized spacial score (nSPS) is 16.9. The van der Waals surface area contributed by atoms with Gasteiger partial charge in [0, 0.05) is 37.8 Å². The third-order valence-corrected chi connectivity index (χ3v) is 6.68. The number of benzene rings is 2. The maximum Gasteiger partial charge on any atom is 0.227 e. The first kappa shape index (κ1) is 21.5. The van der Waals surface area contributed by atoms with Gasteiger partial charge in [-0.25, -0.2) is 9.97 Å². The van der Waals surface area contributed by atoms with Crippen LogP contribution in [-0.2, 0) is 11.2 Å². The van der Waals surface area contributed by atoms with Crippen molar-refractivity contribution in [1.82, 2.24) is 14.9 Å². The van der Waals surface area contributed by atoms with E-state index in [1.165, 1.54) is 12.8 Å². The van der Waals surface area contributed by atoms with Crippen molar-refractivity contribution in [3.63, 3.8) is 0 Å². The zero-order valence-corrected chi connectivity index (χ0v) is 19.2. The van der Waals surface area contributed by atoms with Gasteiger partial charge in [0.05, 0.1) is 24.6 Å². The number of methoxy groups -OCH3 is 1. The first-order valence-electron chi connectivity index (χ1n) is 11.9. The summed E-state index contributed by atoms with van der Waals surface area (Å²) in [6, 6.07) is 16.1. The molecule has 2 aromatic carbocycles. The lowest BCUT2D eigenvalue weighted by atomic mass is 10.0. The minimum Gasteiger partial charge on any atom is -0.496 e. The quantitative estimate of drug-likeness (QED) is 0.621. The summed E-state index contributed by atoms with van der Waals surface area (Å²) in [7, 11) is 1.65. The van der Waals surface area contributed by atoms with Crippen LogP contribution in [0.4, 0.5) is 11.6 Å². The average molecular weight is 446 g/mol. The second-order valence-corrected chi connectivity index (χ2v) is 8.87. The Labute approximate surface area is 194 Å². The second kappa shape index (κ2) is 9.65. The van der Waals surface area contributed by atoms with Crippen LogP contribution < -0.4 is 15.0 Å². The minimum atomic E-state index is 0.154. The van der Waals surface area contributed by atoms with Gasteiger partial charge in [0.2, 0.25) is 5.91 Å². The van der Waals surface area contributed by atoms with Crippen molar-refractivity contribution >= 4 is 28.6 Å². The number of likely N-dealkylation sites (tertiary alicyclic amines) is 1. The number of anilines is 2. The predicted molar refractivity (Wildman–Crippen MR) is 131 cm³/mol. The third kappa shape index (κ3) is 4.72. The number of ether oxygens (including phenoxy) is 1.